The summed E-state index contributed by atoms with van der Waals surface area (Å²) < 4.78 is 5.69. The molecule has 2 fully saturated rings. The summed E-state index contributed by atoms with van der Waals surface area (Å²) in [6.07, 6.45) is 0.271. The summed E-state index contributed by atoms with van der Waals surface area (Å²) in [5.74, 6) is -3.55. The number of hydrogen-bond donors (Lipinski definition) is 2. The van der Waals surface area contributed by atoms with Crippen LogP contribution in [0.4, 0.5) is 0 Å². The Morgan fingerprint density at radius 2 is 1.58 bits per heavy atom. The van der Waals surface area contributed by atoms with Crippen molar-refractivity contribution in [3.63, 3.8) is 0 Å². The summed E-state index contributed by atoms with van der Waals surface area (Å²) in [7, 11) is 3.04. The Hall–Kier alpha value is -3.96. The molecule has 2 N–H and O–H groups in total. The molecule has 2 aliphatic heterocycles. The summed E-state index contributed by atoms with van der Waals surface area (Å²) in [5, 5.41) is 5.58. The first kappa shape index (κ1) is 35.5. The number of nitrogens with one attached hydrogen (secondary N) is 2. The van der Waals surface area contributed by atoms with Crippen LogP contribution in [0, 0.1) is 11.8 Å². The fourth-order valence-electron chi connectivity index (χ4n) is 5.91. The second-order valence-electron chi connectivity index (χ2n) is 12.5. The molecule has 12 heteroatoms. The lowest BCUT2D eigenvalue weighted by Crippen LogP contribution is -2.60. The molecule has 0 aliphatic carbocycles. The number of nitrogens with zero attached hydrogens (tertiary/aromatic N) is 3. The zero-order valence-corrected chi connectivity index (χ0v) is 27.6. The number of hydrogen-bond acceptors (Lipinski definition) is 7. The lowest BCUT2D eigenvalue weighted by Gasteiger charge is -2.38. The fourth-order valence-corrected chi connectivity index (χ4v) is 5.91. The molecule has 0 radical (unpaired) electrons. The summed E-state index contributed by atoms with van der Waals surface area (Å²) >= 11 is 0. The van der Waals surface area contributed by atoms with E-state index in [1.807, 2.05) is 58.0 Å². The second-order valence-corrected chi connectivity index (χ2v) is 12.5. The van der Waals surface area contributed by atoms with Gasteiger partial charge in [0.2, 0.25) is 23.6 Å². The van der Waals surface area contributed by atoms with Crippen molar-refractivity contribution in [1.29, 1.82) is 0 Å². The van der Waals surface area contributed by atoms with E-state index in [0.29, 0.717) is 25.8 Å². The Kier molecular flexibility index (Phi) is 12.5. The van der Waals surface area contributed by atoms with Crippen LogP contribution in [0.3, 0.4) is 0 Å². The molecule has 0 saturated carbocycles. The molecule has 5 amide bonds. The minimum absolute atomic E-state index is 0.0619. The van der Waals surface area contributed by atoms with Gasteiger partial charge in [0.05, 0.1) is 6.42 Å². The quantitative estimate of drug-likeness (QED) is 0.471. The van der Waals surface area contributed by atoms with Crippen molar-refractivity contribution in [2.24, 2.45) is 11.8 Å². The molecule has 2 aliphatic rings. The molecule has 2 heterocycles. The summed E-state index contributed by atoms with van der Waals surface area (Å²) in [6.45, 7) is 9.19. The number of rotatable bonds is 5. The lowest BCUT2D eigenvalue weighted by molar-refractivity contribution is -0.161. The number of benzene rings is 1. The number of carbonyl (C=O) groups excluding carboxylic acids is 6. The van der Waals surface area contributed by atoms with Gasteiger partial charge in [-0.05, 0) is 37.2 Å². The third-order valence-corrected chi connectivity index (χ3v) is 9.01. The van der Waals surface area contributed by atoms with Crippen LogP contribution in [0.2, 0.25) is 0 Å². The number of esters is 1. The first-order chi connectivity index (χ1) is 21.3. The molecule has 0 spiro atoms. The van der Waals surface area contributed by atoms with Crippen molar-refractivity contribution >= 4 is 35.5 Å². The van der Waals surface area contributed by atoms with Gasteiger partial charge in [0.25, 0.3) is 5.91 Å². The minimum Gasteiger partial charge on any atom is -0.452 e. The molecule has 0 aromatic heterocycles. The van der Waals surface area contributed by atoms with E-state index in [1.165, 1.54) is 28.8 Å². The Balaban J connectivity index is 2.02. The van der Waals surface area contributed by atoms with E-state index >= 15 is 0 Å². The van der Waals surface area contributed by atoms with E-state index in [-0.39, 0.29) is 31.2 Å². The predicted octanol–water partition coefficient (Wildman–Crippen LogP) is 1.51. The normalized spacial score (nSPS) is 27.3. The van der Waals surface area contributed by atoms with Crippen molar-refractivity contribution in [2.75, 3.05) is 27.2 Å². The Morgan fingerprint density at radius 1 is 0.911 bits per heavy atom. The van der Waals surface area contributed by atoms with Crippen LogP contribution in [0.15, 0.2) is 30.3 Å². The highest BCUT2D eigenvalue weighted by molar-refractivity contribution is 5.96. The highest BCUT2D eigenvalue weighted by atomic mass is 16.5. The third-order valence-electron chi connectivity index (χ3n) is 9.01. The molecule has 1 aromatic carbocycles. The third kappa shape index (κ3) is 8.61. The number of cyclic esters (lactones) is 1. The summed E-state index contributed by atoms with van der Waals surface area (Å²) in [5.41, 5.74) is 0.780. The Bertz CT molecular complexity index is 1240. The number of ether oxygens (including phenoxy) is 1. The Labute approximate surface area is 266 Å². The highest BCUT2D eigenvalue weighted by Gasteiger charge is 2.42. The summed E-state index contributed by atoms with van der Waals surface area (Å²) in [4.78, 5) is 85.5. The zero-order chi connectivity index (χ0) is 33.4. The molecular formula is C33H49N5O7. The van der Waals surface area contributed by atoms with Crippen LogP contribution in [0.1, 0.15) is 65.9 Å². The van der Waals surface area contributed by atoms with E-state index in [9.17, 15) is 28.8 Å². The van der Waals surface area contributed by atoms with Gasteiger partial charge in [-0.2, -0.15) is 0 Å². The molecule has 2 saturated heterocycles. The molecule has 1 unspecified atom stereocenters. The van der Waals surface area contributed by atoms with E-state index < -0.39 is 65.8 Å². The van der Waals surface area contributed by atoms with Crippen LogP contribution < -0.4 is 10.6 Å². The average Bonchev–Trinajstić information content (AvgIpc) is 3.51. The highest BCUT2D eigenvalue weighted by Crippen LogP contribution is 2.23. The maximum atomic E-state index is 14.0. The molecule has 1 aromatic rings. The topological polar surface area (TPSA) is 145 Å². The molecule has 45 heavy (non-hydrogen) atoms. The van der Waals surface area contributed by atoms with Crippen LogP contribution in [-0.4, -0.2) is 108 Å². The van der Waals surface area contributed by atoms with Gasteiger partial charge in [0, 0.05) is 33.6 Å². The average molecular weight is 628 g/mol. The van der Waals surface area contributed by atoms with E-state index in [1.54, 1.807) is 6.92 Å². The maximum Gasteiger partial charge on any atom is 0.308 e. The molecular weight excluding hydrogens is 578 g/mol. The number of carbonyl (C=O) groups is 6. The molecule has 6 atom stereocenters. The van der Waals surface area contributed by atoms with Gasteiger partial charge in [0.1, 0.15) is 24.2 Å². The van der Waals surface area contributed by atoms with Crippen molar-refractivity contribution in [3.8, 4) is 0 Å². The molecule has 3 rings (SSSR count). The number of fused-ring (bicyclic) bond motifs is 1. The maximum absolute atomic E-state index is 14.0. The zero-order valence-electron chi connectivity index (χ0n) is 27.6. The summed E-state index contributed by atoms with van der Waals surface area (Å²) in [6, 6.07) is 5.53. The minimum atomic E-state index is -1.18. The van der Waals surface area contributed by atoms with Crippen molar-refractivity contribution in [1.82, 2.24) is 25.3 Å². The fraction of sp³-hybridized carbons (Fsp3) is 0.636. The molecule has 0 bridgehead atoms. The van der Waals surface area contributed by atoms with Gasteiger partial charge in [0.15, 0.2) is 6.10 Å². The van der Waals surface area contributed by atoms with Crippen LogP contribution in [0.5, 0.6) is 0 Å². The van der Waals surface area contributed by atoms with Crippen molar-refractivity contribution < 1.29 is 33.5 Å². The van der Waals surface area contributed by atoms with Gasteiger partial charge in [-0.3, -0.25) is 28.8 Å². The van der Waals surface area contributed by atoms with E-state index in [0.717, 1.165) is 5.56 Å². The first-order valence-corrected chi connectivity index (χ1v) is 15.9. The van der Waals surface area contributed by atoms with Gasteiger partial charge < -0.3 is 30.1 Å². The van der Waals surface area contributed by atoms with Gasteiger partial charge >= 0.3 is 5.97 Å². The number of likely N-dealkylation sites (N-methyl/N-ethyl adjacent to an activating group) is 2. The smallest absolute Gasteiger partial charge is 0.308 e. The van der Waals surface area contributed by atoms with Crippen LogP contribution in [-0.2, 0) is 39.9 Å². The predicted molar refractivity (Wildman–Crippen MR) is 167 cm³/mol. The Morgan fingerprint density at radius 3 is 2.20 bits per heavy atom. The van der Waals surface area contributed by atoms with Crippen LogP contribution in [0.25, 0.3) is 0 Å². The standard InChI is InChI=1S/C33H49N5O7/c1-8-21(4)27-32(43)37(7)28(20(2)3)33(44)36(6)22(5)29(40)34-17-16-26(39)45-25(19-23-13-10-9-11-14-23)31(42)38-18-12-15-24(38)30(41)35-27/h9-11,13-14,20-22,24-25,27-28H,8,12,15-19H2,1-7H3,(H,34,40)(H,35,41)/t21-,22-,24-,25-,27-,28?/m0/s1. The van der Waals surface area contributed by atoms with E-state index in [2.05, 4.69) is 10.6 Å². The number of amides is 5. The first-order valence-electron chi connectivity index (χ1n) is 15.9. The van der Waals surface area contributed by atoms with E-state index in [4.69, 9.17) is 4.74 Å². The van der Waals surface area contributed by atoms with Gasteiger partial charge in [-0.1, -0.05) is 64.4 Å². The van der Waals surface area contributed by atoms with Crippen molar-refractivity contribution in [2.45, 2.75) is 97.0 Å². The van der Waals surface area contributed by atoms with Gasteiger partial charge in [-0.15, -0.1) is 0 Å². The van der Waals surface area contributed by atoms with Crippen LogP contribution >= 0.6 is 0 Å². The molecule has 248 valence electrons. The SMILES string of the molecule is CC[C@H](C)[C@@H]1NC(=O)[C@@H]2CCCN2C(=O)[C@H](Cc2ccccc2)OC(=O)CCNC(=O)[C@H](C)N(C)C(=O)C(C(C)C)N(C)C1=O. The largest absolute Gasteiger partial charge is 0.452 e. The van der Waals surface area contributed by atoms with Crippen molar-refractivity contribution in [3.05, 3.63) is 35.9 Å². The lowest BCUT2D eigenvalue weighted by atomic mass is 9.94. The van der Waals surface area contributed by atoms with Gasteiger partial charge in [-0.25, -0.2) is 0 Å². The second kappa shape index (κ2) is 15.9. The monoisotopic (exact) mass is 627 g/mol. The molecule has 12 nitrogen and oxygen atoms in total.